The zero-order valence-corrected chi connectivity index (χ0v) is 21.0. The lowest BCUT2D eigenvalue weighted by Crippen LogP contribution is -2.49. The maximum atomic E-state index is 13.2. The normalized spacial score (nSPS) is 21.5. The Kier molecular flexibility index (Phi) is 7.27. The zero-order valence-electron chi connectivity index (χ0n) is 19.5. The van der Waals surface area contributed by atoms with Crippen LogP contribution in [0.25, 0.3) is 0 Å². The predicted octanol–water partition coefficient (Wildman–Crippen LogP) is 5.60. The minimum atomic E-state index is -0.457. The number of likely N-dealkylation sites (tertiary alicyclic amines) is 1. The van der Waals surface area contributed by atoms with Crippen molar-refractivity contribution in [3.05, 3.63) is 52.5 Å². The van der Waals surface area contributed by atoms with E-state index in [0.717, 1.165) is 44.0 Å². The van der Waals surface area contributed by atoms with Crippen molar-refractivity contribution in [1.82, 2.24) is 9.80 Å². The van der Waals surface area contributed by atoms with Gasteiger partial charge in [0.05, 0.1) is 22.9 Å². The summed E-state index contributed by atoms with van der Waals surface area (Å²) in [5, 5.41) is 4.30. The van der Waals surface area contributed by atoms with Crippen molar-refractivity contribution >= 4 is 40.6 Å². The van der Waals surface area contributed by atoms with Crippen LogP contribution >= 0.6 is 23.2 Å². The van der Waals surface area contributed by atoms with Gasteiger partial charge in [-0.15, -0.1) is 0 Å². The molecule has 0 aromatic heterocycles. The number of hydrogen-bond acceptors (Lipinski definition) is 4. The van der Waals surface area contributed by atoms with Crippen molar-refractivity contribution < 1.29 is 9.53 Å². The lowest BCUT2D eigenvalue weighted by atomic mass is 10.1. The third-order valence-corrected chi connectivity index (χ3v) is 7.08. The summed E-state index contributed by atoms with van der Waals surface area (Å²) in [6.07, 6.45) is 0.746. The fourth-order valence-corrected chi connectivity index (χ4v) is 4.89. The van der Waals surface area contributed by atoms with Gasteiger partial charge >= 0.3 is 6.03 Å². The average Bonchev–Trinajstić information content (AvgIpc) is 3.18. The molecule has 2 aromatic carbocycles. The first kappa shape index (κ1) is 24.0. The Morgan fingerprint density at radius 1 is 1.03 bits per heavy atom. The molecule has 6 nitrogen and oxygen atoms in total. The fraction of sp³-hybridized carbons (Fsp3) is 0.480. The van der Waals surface area contributed by atoms with E-state index in [1.54, 1.807) is 17.0 Å². The topological polar surface area (TPSA) is 48.0 Å². The second-order valence-corrected chi connectivity index (χ2v) is 10.2. The second kappa shape index (κ2) is 10.00. The van der Waals surface area contributed by atoms with Gasteiger partial charge in [-0.25, -0.2) is 4.79 Å². The van der Waals surface area contributed by atoms with Crippen molar-refractivity contribution in [2.45, 2.75) is 38.8 Å². The molecule has 2 aromatic rings. The highest BCUT2D eigenvalue weighted by atomic mass is 35.5. The first-order valence-electron chi connectivity index (χ1n) is 11.5. The van der Waals surface area contributed by atoms with E-state index >= 15 is 0 Å². The number of carbonyl (C=O) groups is 1. The highest BCUT2D eigenvalue weighted by molar-refractivity contribution is 6.34. The number of urea groups is 1. The van der Waals surface area contributed by atoms with Gasteiger partial charge in [0, 0.05) is 50.2 Å². The lowest BCUT2D eigenvalue weighted by molar-refractivity contribution is 0.100. The average molecular weight is 491 g/mol. The summed E-state index contributed by atoms with van der Waals surface area (Å²) in [5.41, 5.74) is 1.19. The molecule has 2 heterocycles. The van der Waals surface area contributed by atoms with Crippen molar-refractivity contribution in [3.8, 4) is 5.75 Å². The van der Waals surface area contributed by atoms with E-state index in [2.05, 4.69) is 29.0 Å². The molecule has 0 bridgehead atoms. The van der Waals surface area contributed by atoms with E-state index in [1.807, 2.05) is 37.3 Å². The Morgan fingerprint density at radius 3 is 2.39 bits per heavy atom. The van der Waals surface area contributed by atoms with Crippen LogP contribution in [-0.4, -0.2) is 66.7 Å². The maximum Gasteiger partial charge on any atom is 0.322 e. The molecule has 2 fully saturated rings. The van der Waals surface area contributed by atoms with Crippen LogP contribution in [-0.2, 0) is 0 Å². The van der Waals surface area contributed by atoms with Crippen LogP contribution in [0.1, 0.15) is 27.2 Å². The van der Waals surface area contributed by atoms with E-state index in [-0.39, 0.29) is 6.03 Å². The molecule has 0 unspecified atom stereocenters. The molecule has 178 valence electrons. The van der Waals surface area contributed by atoms with E-state index in [0.29, 0.717) is 34.9 Å². The Balaban J connectivity index is 1.42. The Hall–Kier alpha value is -2.15. The van der Waals surface area contributed by atoms with Gasteiger partial charge in [-0.1, -0.05) is 29.3 Å². The molecule has 1 atom stereocenters. The smallest absolute Gasteiger partial charge is 0.322 e. The molecule has 1 N–H and O–H groups in total. The zero-order chi connectivity index (χ0) is 23.6. The van der Waals surface area contributed by atoms with Crippen LogP contribution in [0.5, 0.6) is 5.75 Å². The lowest BCUT2D eigenvalue weighted by Gasteiger charge is -2.39. The van der Waals surface area contributed by atoms with Crippen LogP contribution in [0.2, 0.25) is 10.0 Å². The number of anilines is 2. The molecule has 0 spiro atoms. The maximum absolute atomic E-state index is 13.2. The third-order valence-electron chi connectivity index (χ3n) is 6.51. The van der Waals surface area contributed by atoms with E-state index < -0.39 is 5.60 Å². The molecule has 0 radical (unpaired) electrons. The van der Waals surface area contributed by atoms with Gasteiger partial charge in [-0.3, -0.25) is 4.90 Å². The Bertz CT molecular complexity index is 977. The summed E-state index contributed by atoms with van der Waals surface area (Å²) in [6.45, 7) is 11.4. The van der Waals surface area contributed by atoms with Gasteiger partial charge in [0.25, 0.3) is 0 Å². The molecule has 8 heteroatoms. The number of carbonyl (C=O) groups excluding carboxylic acids is 1. The Morgan fingerprint density at radius 2 is 1.73 bits per heavy atom. The molecule has 2 aliphatic rings. The number of para-hydroxylation sites is 1. The van der Waals surface area contributed by atoms with E-state index in [1.165, 1.54) is 0 Å². The summed E-state index contributed by atoms with van der Waals surface area (Å²) in [6, 6.07) is 13.5. The van der Waals surface area contributed by atoms with E-state index in [4.69, 9.17) is 27.9 Å². The van der Waals surface area contributed by atoms with Crippen LogP contribution in [0.15, 0.2) is 42.5 Å². The number of hydrogen-bond donors (Lipinski definition) is 1. The van der Waals surface area contributed by atoms with Crippen molar-refractivity contribution in [1.29, 1.82) is 0 Å². The number of rotatable bonds is 5. The molecule has 2 saturated heterocycles. The molecule has 2 amide bonds. The van der Waals surface area contributed by atoms with Gasteiger partial charge in [0.1, 0.15) is 11.4 Å². The number of nitrogens with one attached hydrogen (secondary N) is 1. The first-order valence-corrected chi connectivity index (χ1v) is 12.3. The minimum absolute atomic E-state index is 0.159. The Labute approximate surface area is 206 Å². The summed E-state index contributed by atoms with van der Waals surface area (Å²) < 4.78 is 6.20. The number of amides is 2. The number of piperazine rings is 1. The molecule has 4 rings (SSSR count). The molecular formula is C25H32Cl2N4O2. The van der Waals surface area contributed by atoms with Crippen molar-refractivity contribution in [2.75, 3.05) is 49.5 Å². The molecule has 2 aliphatic heterocycles. The molecule has 0 aliphatic carbocycles. The highest BCUT2D eigenvalue weighted by Gasteiger charge is 2.38. The van der Waals surface area contributed by atoms with Crippen molar-refractivity contribution in [2.24, 2.45) is 0 Å². The third kappa shape index (κ3) is 5.68. The van der Waals surface area contributed by atoms with E-state index in [9.17, 15) is 4.79 Å². The van der Waals surface area contributed by atoms with Gasteiger partial charge in [-0.05, 0) is 57.2 Å². The predicted molar refractivity (Wildman–Crippen MR) is 136 cm³/mol. The van der Waals surface area contributed by atoms with Crippen LogP contribution in [0.4, 0.5) is 16.2 Å². The number of halogens is 2. The highest BCUT2D eigenvalue weighted by Crippen LogP contribution is 2.35. The molecule has 33 heavy (non-hydrogen) atoms. The quantitative estimate of drug-likeness (QED) is 0.592. The van der Waals surface area contributed by atoms with Gasteiger partial charge in [0.15, 0.2) is 0 Å². The summed E-state index contributed by atoms with van der Waals surface area (Å²) in [7, 11) is 0. The summed E-state index contributed by atoms with van der Waals surface area (Å²) >= 11 is 12.5. The monoisotopic (exact) mass is 490 g/mol. The van der Waals surface area contributed by atoms with Crippen molar-refractivity contribution in [3.63, 3.8) is 0 Å². The SMILES string of the molecule is CC(C)N1CCN(c2cccc(Cl)c2NC(=O)N2CC[C@](C)(Oc3ccc(Cl)cc3)C2)CC1. The molecular weight excluding hydrogens is 459 g/mol. The summed E-state index contributed by atoms with van der Waals surface area (Å²) in [4.78, 5) is 19.7. The van der Waals surface area contributed by atoms with Crippen LogP contribution < -0.4 is 15.0 Å². The fourth-order valence-electron chi connectivity index (χ4n) is 4.54. The largest absolute Gasteiger partial charge is 0.486 e. The van der Waals surface area contributed by atoms with Gasteiger partial charge in [-0.2, -0.15) is 0 Å². The van der Waals surface area contributed by atoms with Gasteiger partial charge < -0.3 is 19.9 Å². The first-order chi connectivity index (χ1) is 15.7. The van der Waals surface area contributed by atoms with Gasteiger partial charge in [0.2, 0.25) is 0 Å². The minimum Gasteiger partial charge on any atom is -0.486 e. The molecule has 0 saturated carbocycles. The number of ether oxygens (including phenoxy) is 1. The standard InChI is InChI=1S/C25H32Cl2N4O2/c1-18(2)29-13-15-30(16-14-29)22-6-4-5-21(27)23(22)28-24(32)31-12-11-25(3,17-31)33-20-9-7-19(26)8-10-20/h4-10,18H,11-17H2,1-3H3,(H,28,32)/t25-/m0/s1. The number of benzene rings is 2. The summed E-state index contributed by atoms with van der Waals surface area (Å²) in [5.74, 6) is 0.748. The van der Waals surface area contributed by atoms with Crippen LogP contribution in [0, 0.1) is 0 Å². The van der Waals surface area contributed by atoms with Crippen LogP contribution in [0.3, 0.4) is 0 Å². The second-order valence-electron chi connectivity index (χ2n) is 9.36. The number of nitrogens with zero attached hydrogens (tertiary/aromatic N) is 3.